The van der Waals surface area contributed by atoms with Gasteiger partial charge < -0.3 is 16.0 Å². The van der Waals surface area contributed by atoms with Gasteiger partial charge in [0, 0.05) is 33.1 Å². The Kier molecular flexibility index (Phi) is 4.16. The fourth-order valence-electron chi connectivity index (χ4n) is 3.26. The molecule has 8 nitrogen and oxygen atoms in total. The van der Waals surface area contributed by atoms with Crippen molar-refractivity contribution >= 4 is 28.7 Å². The van der Waals surface area contributed by atoms with Gasteiger partial charge in [-0.3, -0.25) is 9.48 Å². The fourth-order valence-corrected chi connectivity index (χ4v) is 3.26. The second kappa shape index (κ2) is 6.62. The lowest BCUT2D eigenvalue weighted by atomic mass is 10.1. The highest BCUT2D eigenvalue weighted by Gasteiger charge is 2.20. The molecule has 1 fully saturated rings. The zero-order chi connectivity index (χ0) is 18.1. The van der Waals surface area contributed by atoms with Gasteiger partial charge in [-0.25, -0.2) is 0 Å². The highest BCUT2D eigenvalue weighted by molar-refractivity contribution is 5.86. The van der Waals surface area contributed by atoms with Crippen molar-refractivity contribution in [2.45, 2.75) is 25.9 Å². The minimum atomic E-state index is 0.227. The number of hydrogen-bond acceptors (Lipinski definition) is 6. The molecule has 4 rings (SSSR count). The van der Waals surface area contributed by atoms with Crippen LogP contribution in [0.4, 0.5) is 11.8 Å². The zero-order valence-electron chi connectivity index (χ0n) is 14.6. The molecule has 1 aliphatic rings. The number of nitrogens with one attached hydrogen (secondary N) is 1. The van der Waals surface area contributed by atoms with E-state index in [0.717, 1.165) is 29.5 Å². The van der Waals surface area contributed by atoms with Crippen LogP contribution in [0.15, 0.2) is 30.5 Å². The summed E-state index contributed by atoms with van der Waals surface area (Å²) in [6.45, 7) is 2.03. The van der Waals surface area contributed by atoms with Crippen LogP contribution in [0.2, 0.25) is 0 Å². The van der Waals surface area contributed by atoms with Crippen LogP contribution >= 0.6 is 0 Å². The smallest absolute Gasteiger partial charge is 0.226 e. The summed E-state index contributed by atoms with van der Waals surface area (Å²) < 4.78 is 1.67. The monoisotopic (exact) mass is 351 g/mol. The summed E-state index contributed by atoms with van der Waals surface area (Å²) in [7, 11) is 1.82. The molecule has 0 spiro atoms. The number of likely N-dealkylation sites (tertiary alicyclic amines) is 1. The van der Waals surface area contributed by atoms with Crippen molar-refractivity contribution in [2.24, 2.45) is 7.05 Å². The minimum absolute atomic E-state index is 0.227. The van der Waals surface area contributed by atoms with Crippen molar-refractivity contribution in [2.75, 3.05) is 17.6 Å². The highest BCUT2D eigenvalue weighted by Crippen LogP contribution is 2.20. The number of amides is 1. The van der Waals surface area contributed by atoms with E-state index >= 15 is 0 Å². The Hall–Kier alpha value is -3.16. The molecule has 134 valence electrons. The van der Waals surface area contributed by atoms with Crippen molar-refractivity contribution in [1.82, 2.24) is 24.6 Å². The first kappa shape index (κ1) is 16.3. The third-order valence-corrected chi connectivity index (χ3v) is 4.71. The standard InChI is InChI=1S/C18H21N7O/c1-24-17-14(10-21-24)16(19)22-18(23-17)20-9-12-5-2-3-6-13(12)11-25-8-4-7-15(25)26/h2-3,5-6,10H,4,7-9,11H2,1H3,(H3,19,20,22,23). The molecule has 1 aliphatic heterocycles. The van der Waals surface area contributed by atoms with Gasteiger partial charge in [0.25, 0.3) is 0 Å². The average molecular weight is 351 g/mol. The summed E-state index contributed by atoms with van der Waals surface area (Å²) in [5.74, 6) is 1.10. The van der Waals surface area contributed by atoms with E-state index in [0.29, 0.717) is 36.9 Å². The highest BCUT2D eigenvalue weighted by atomic mass is 16.2. The third-order valence-electron chi connectivity index (χ3n) is 4.71. The molecule has 0 bridgehead atoms. The van der Waals surface area contributed by atoms with Crippen LogP contribution in [0.5, 0.6) is 0 Å². The fraction of sp³-hybridized carbons (Fsp3) is 0.333. The maximum absolute atomic E-state index is 11.9. The van der Waals surface area contributed by atoms with Gasteiger partial charge in [0.2, 0.25) is 11.9 Å². The normalized spacial score (nSPS) is 14.3. The molecule has 1 saturated heterocycles. The quantitative estimate of drug-likeness (QED) is 0.725. The van der Waals surface area contributed by atoms with Crippen molar-refractivity contribution in [1.29, 1.82) is 0 Å². The number of carbonyl (C=O) groups excluding carboxylic acids is 1. The SMILES string of the molecule is Cn1ncc2c(N)nc(NCc3ccccc3CN3CCCC3=O)nc21. The van der Waals surface area contributed by atoms with Gasteiger partial charge in [-0.1, -0.05) is 24.3 Å². The lowest BCUT2D eigenvalue weighted by molar-refractivity contribution is -0.128. The molecule has 0 atom stereocenters. The second-order valence-corrected chi connectivity index (χ2v) is 6.48. The maximum Gasteiger partial charge on any atom is 0.226 e. The minimum Gasteiger partial charge on any atom is -0.383 e. The first-order valence-corrected chi connectivity index (χ1v) is 8.65. The van der Waals surface area contributed by atoms with Gasteiger partial charge in [0.05, 0.1) is 11.6 Å². The van der Waals surface area contributed by atoms with Crippen molar-refractivity contribution in [3.63, 3.8) is 0 Å². The summed E-state index contributed by atoms with van der Waals surface area (Å²) >= 11 is 0. The molecule has 8 heteroatoms. The summed E-state index contributed by atoms with van der Waals surface area (Å²) in [6, 6.07) is 8.10. The van der Waals surface area contributed by atoms with Crippen LogP contribution in [0.25, 0.3) is 11.0 Å². The number of nitrogens with two attached hydrogens (primary N) is 1. The molecule has 3 heterocycles. The molecule has 1 amide bonds. The number of aryl methyl sites for hydroxylation is 1. The Balaban J connectivity index is 1.53. The van der Waals surface area contributed by atoms with E-state index in [1.54, 1.807) is 10.9 Å². The number of anilines is 2. The Labute approximate surface area is 151 Å². The molecule has 0 radical (unpaired) electrons. The summed E-state index contributed by atoms with van der Waals surface area (Å²) in [6.07, 6.45) is 3.26. The topological polar surface area (TPSA) is 102 Å². The first-order valence-electron chi connectivity index (χ1n) is 8.65. The van der Waals surface area contributed by atoms with E-state index in [4.69, 9.17) is 5.73 Å². The molecule has 0 saturated carbocycles. The summed E-state index contributed by atoms with van der Waals surface area (Å²) in [4.78, 5) is 22.6. The number of fused-ring (bicyclic) bond motifs is 1. The van der Waals surface area contributed by atoms with Crippen molar-refractivity contribution in [3.05, 3.63) is 41.6 Å². The Morgan fingerprint density at radius 2 is 2.04 bits per heavy atom. The molecule has 3 N–H and O–H groups in total. The molecular formula is C18H21N7O. The third kappa shape index (κ3) is 3.05. The van der Waals surface area contributed by atoms with E-state index in [-0.39, 0.29) is 5.91 Å². The average Bonchev–Trinajstić information content (AvgIpc) is 3.21. The van der Waals surface area contributed by atoms with Crippen LogP contribution in [0.1, 0.15) is 24.0 Å². The number of benzene rings is 1. The van der Waals surface area contributed by atoms with E-state index in [1.165, 1.54) is 0 Å². The van der Waals surface area contributed by atoms with Crippen LogP contribution in [0, 0.1) is 0 Å². The number of nitrogen functional groups attached to an aromatic ring is 1. The first-order chi connectivity index (χ1) is 12.6. The Morgan fingerprint density at radius 3 is 2.81 bits per heavy atom. The lowest BCUT2D eigenvalue weighted by Gasteiger charge is -2.18. The summed E-state index contributed by atoms with van der Waals surface area (Å²) in [5.41, 5.74) is 8.94. The number of hydrogen-bond donors (Lipinski definition) is 2. The lowest BCUT2D eigenvalue weighted by Crippen LogP contribution is -2.24. The van der Waals surface area contributed by atoms with E-state index in [9.17, 15) is 4.79 Å². The van der Waals surface area contributed by atoms with Gasteiger partial charge in [0.1, 0.15) is 5.82 Å². The van der Waals surface area contributed by atoms with Crippen molar-refractivity contribution in [3.8, 4) is 0 Å². The predicted molar refractivity (Wildman–Crippen MR) is 99.1 cm³/mol. The van der Waals surface area contributed by atoms with E-state index in [2.05, 4.69) is 32.5 Å². The Morgan fingerprint density at radius 1 is 1.23 bits per heavy atom. The largest absolute Gasteiger partial charge is 0.383 e. The second-order valence-electron chi connectivity index (χ2n) is 6.48. The van der Waals surface area contributed by atoms with E-state index in [1.807, 2.05) is 24.1 Å². The van der Waals surface area contributed by atoms with E-state index < -0.39 is 0 Å². The zero-order valence-corrected chi connectivity index (χ0v) is 14.6. The van der Waals surface area contributed by atoms with Crippen LogP contribution < -0.4 is 11.1 Å². The molecule has 26 heavy (non-hydrogen) atoms. The van der Waals surface area contributed by atoms with Crippen LogP contribution in [-0.4, -0.2) is 37.1 Å². The van der Waals surface area contributed by atoms with Crippen molar-refractivity contribution < 1.29 is 4.79 Å². The maximum atomic E-state index is 11.9. The number of rotatable bonds is 5. The molecule has 0 unspecified atom stereocenters. The molecule has 1 aromatic carbocycles. The van der Waals surface area contributed by atoms with Gasteiger partial charge in [0.15, 0.2) is 5.65 Å². The Bertz CT molecular complexity index is 965. The van der Waals surface area contributed by atoms with Crippen LogP contribution in [0.3, 0.4) is 0 Å². The number of aromatic nitrogens is 4. The number of nitrogens with zero attached hydrogens (tertiary/aromatic N) is 5. The van der Waals surface area contributed by atoms with Gasteiger partial charge >= 0.3 is 0 Å². The predicted octanol–water partition coefficient (Wildman–Crippen LogP) is 1.68. The summed E-state index contributed by atoms with van der Waals surface area (Å²) in [5, 5.41) is 8.15. The number of carbonyl (C=O) groups is 1. The van der Waals surface area contributed by atoms with Gasteiger partial charge in [-0.2, -0.15) is 15.1 Å². The van der Waals surface area contributed by atoms with Gasteiger partial charge in [-0.15, -0.1) is 0 Å². The van der Waals surface area contributed by atoms with Crippen LogP contribution in [-0.2, 0) is 24.9 Å². The molecule has 3 aromatic rings. The molecule has 2 aromatic heterocycles. The van der Waals surface area contributed by atoms with Gasteiger partial charge in [-0.05, 0) is 17.5 Å². The molecular weight excluding hydrogens is 330 g/mol. The molecule has 0 aliphatic carbocycles.